The van der Waals surface area contributed by atoms with Gasteiger partial charge in [-0.05, 0) is 29.5 Å². The monoisotopic (exact) mass is 254 g/mol. The highest BCUT2D eigenvalue weighted by molar-refractivity contribution is 6.30. The molecule has 0 aromatic heterocycles. The number of carbonyl (C=O) groups is 1. The van der Waals surface area contributed by atoms with Crippen LogP contribution in [-0.2, 0) is 9.53 Å². The fourth-order valence-corrected chi connectivity index (χ4v) is 2.11. The van der Waals surface area contributed by atoms with E-state index < -0.39 is 0 Å². The lowest BCUT2D eigenvalue weighted by atomic mass is 9.73. The maximum atomic E-state index is 12.0. The van der Waals surface area contributed by atoms with Gasteiger partial charge in [-0.25, -0.2) is 0 Å². The summed E-state index contributed by atoms with van der Waals surface area (Å²) in [5.41, 5.74) is 0.758. The lowest BCUT2D eigenvalue weighted by Gasteiger charge is -2.31. The minimum absolute atomic E-state index is 0.155. The van der Waals surface area contributed by atoms with Crippen molar-refractivity contribution in [2.24, 2.45) is 5.41 Å². The Morgan fingerprint density at radius 3 is 2.59 bits per heavy atom. The number of hydrogen-bond donors (Lipinski definition) is 0. The highest BCUT2D eigenvalue weighted by atomic mass is 35.5. The van der Waals surface area contributed by atoms with Gasteiger partial charge in [0.15, 0.2) is 0 Å². The van der Waals surface area contributed by atoms with Crippen LogP contribution in [0.2, 0.25) is 5.02 Å². The zero-order chi connectivity index (χ0) is 13.1. The lowest BCUT2D eigenvalue weighted by molar-refractivity contribution is -0.145. The Morgan fingerprint density at radius 2 is 2.12 bits per heavy atom. The summed E-state index contributed by atoms with van der Waals surface area (Å²) in [6.07, 6.45) is 0.888. The summed E-state index contributed by atoms with van der Waals surface area (Å²) in [4.78, 5) is 12.0. The molecule has 1 rings (SSSR count). The van der Waals surface area contributed by atoms with Crippen LogP contribution in [0.3, 0.4) is 0 Å². The van der Waals surface area contributed by atoms with Crippen molar-refractivity contribution in [2.45, 2.75) is 33.1 Å². The highest BCUT2D eigenvalue weighted by Crippen LogP contribution is 2.39. The molecule has 0 aliphatic heterocycles. The summed E-state index contributed by atoms with van der Waals surface area (Å²) < 4.78 is 4.91. The van der Waals surface area contributed by atoms with Crippen LogP contribution in [0.15, 0.2) is 24.3 Å². The summed E-state index contributed by atoms with van der Waals surface area (Å²) in [5.74, 6) is -0.490. The van der Waals surface area contributed by atoms with E-state index in [1.165, 1.54) is 7.11 Å². The van der Waals surface area contributed by atoms with Gasteiger partial charge in [0.25, 0.3) is 0 Å². The van der Waals surface area contributed by atoms with E-state index >= 15 is 0 Å². The third-order valence-electron chi connectivity index (χ3n) is 3.31. The lowest BCUT2D eigenvalue weighted by Crippen LogP contribution is -2.29. The average Bonchev–Trinajstić information content (AvgIpc) is 2.29. The molecule has 0 aliphatic carbocycles. The molecular formula is C14H19ClO2. The second-order valence-electron chi connectivity index (χ2n) is 4.85. The minimum atomic E-state index is -0.281. The van der Waals surface area contributed by atoms with Crippen molar-refractivity contribution in [2.75, 3.05) is 7.11 Å². The first-order valence-corrected chi connectivity index (χ1v) is 6.13. The highest BCUT2D eigenvalue weighted by Gasteiger charge is 2.36. The molecule has 1 aromatic rings. The Hall–Kier alpha value is -1.02. The van der Waals surface area contributed by atoms with Crippen LogP contribution in [0, 0.1) is 5.41 Å². The molecule has 17 heavy (non-hydrogen) atoms. The van der Waals surface area contributed by atoms with Crippen LogP contribution in [0.4, 0.5) is 0 Å². The number of methoxy groups -OCH3 is 1. The molecule has 3 heteroatoms. The first kappa shape index (κ1) is 14.0. The second kappa shape index (κ2) is 5.54. The van der Waals surface area contributed by atoms with Crippen LogP contribution < -0.4 is 0 Å². The van der Waals surface area contributed by atoms with Crippen LogP contribution >= 0.6 is 11.6 Å². The second-order valence-corrected chi connectivity index (χ2v) is 5.29. The van der Waals surface area contributed by atoms with Gasteiger partial charge in [-0.2, -0.15) is 0 Å². The van der Waals surface area contributed by atoms with Gasteiger partial charge in [-0.15, -0.1) is 0 Å². The van der Waals surface area contributed by atoms with E-state index in [2.05, 4.69) is 20.8 Å². The van der Waals surface area contributed by atoms with Gasteiger partial charge in [-0.1, -0.05) is 44.5 Å². The summed E-state index contributed by atoms with van der Waals surface area (Å²) >= 11 is 5.98. The molecule has 0 N–H and O–H groups in total. The third-order valence-corrected chi connectivity index (χ3v) is 3.55. The standard InChI is InChI=1S/C14H19ClO2/c1-5-14(2,3)12(13(16)17-4)10-7-6-8-11(15)9-10/h6-9,12H,5H2,1-4H3. The average molecular weight is 255 g/mol. The van der Waals surface area contributed by atoms with Crippen molar-refractivity contribution in [3.8, 4) is 0 Å². The Kier molecular flexibility index (Phi) is 4.58. The van der Waals surface area contributed by atoms with E-state index in [-0.39, 0.29) is 17.3 Å². The number of hydrogen-bond acceptors (Lipinski definition) is 2. The van der Waals surface area contributed by atoms with Gasteiger partial charge in [0, 0.05) is 5.02 Å². The normalized spacial score (nSPS) is 13.2. The molecule has 0 bridgehead atoms. The largest absolute Gasteiger partial charge is 0.469 e. The molecular weight excluding hydrogens is 236 g/mol. The Balaban J connectivity index is 3.20. The van der Waals surface area contributed by atoms with E-state index in [1.807, 2.05) is 18.2 Å². The molecule has 1 atom stereocenters. The molecule has 1 unspecified atom stereocenters. The first-order valence-electron chi connectivity index (χ1n) is 5.75. The van der Waals surface area contributed by atoms with Crippen LogP contribution in [0.1, 0.15) is 38.7 Å². The number of carbonyl (C=O) groups excluding carboxylic acids is 1. The van der Waals surface area contributed by atoms with Crippen LogP contribution in [-0.4, -0.2) is 13.1 Å². The van der Waals surface area contributed by atoms with Gasteiger partial charge in [0.1, 0.15) is 0 Å². The fourth-order valence-electron chi connectivity index (χ4n) is 1.91. The predicted octanol–water partition coefficient (Wildman–Crippen LogP) is 4.03. The van der Waals surface area contributed by atoms with Gasteiger partial charge in [0.05, 0.1) is 13.0 Å². The molecule has 0 aliphatic rings. The molecule has 0 fully saturated rings. The van der Waals surface area contributed by atoms with Gasteiger partial charge in [0.2, 0.25) is 0 Å². The number of halogens is 1. The predicted molar refractivity (Wildman–Crippen MR) is 70.3 cm³/mol. The Morgan fingerprint density at radius 1 is 1.47 bits per heavy atom. The van der Waals surface area contributed by atoms with Crippen LogP contribution in [0.25, 0.3) is 0 Å². The number of esters is 1. The smallest absolute Gasteiger partial charge is 0.313 e. The zero-order valence-electron chi connectivity index (χ0n) is 10.8. The number of rotatable bonds is 4. The molecule has 0 spiro atoms. The SMILES string of the molecule is CCC(C)(C)C(C(=O)OC)c1cccc(Cl)c1. The van der Waals surface area contributed by atoms with E-state index in [0.717, 1.165) is 12.0 Å². The van der Waals surface area contributed by atoms with Crippen molar-refractivity contribution in [1.82, 2.24) is 0 Å². The topological polar surface area (TPSA) is 26.3 Å². The molecule has 0 heterocycles. The van der Waals surface area contributed by atoms with Gasteiger partial charge >= 0.3 is 5.97 Å². The summed E-state index contributed by atoms with van der Waals surface area (Å²) in [7, 11) is 1.42. The van der Waals surface area contributed by atoms with Crippen molar-refractivity contribution in [3.63, 3.8) is 0 Å². The van der Waals surface area contributed by atoms with Crippen molar-refractivity contribution < 1.29 is 9.53 Å². The maximum absolute atomic E-state index is 12.0. The van der Waals surface area contributed by atoms with E-state index in [4.69, 9.17) is 16.3 Å². The van der Waals surface area contributed by atoms with E-state index in [1.54, 1.807) is 6.07 Å². The molecule has 0 saturated carbocycles. The minimum Gasteiger partial charge on any atom is -0.469 e. The van der Waals surface area contributed by atoms with Crippen LogP contribution in [0.5, 0.6) is 0 Å². The van der Waals surface area contributed by atoms with E-state index in [0.29, 0.717) is 5.02 Å². The third kappa shape index (κ3) is 3.22. The Labute approximate surface area is 108 Å². The molecule has 0 radical (unpaired) electrons. The molecule has 1 aromatic carbocycles. The van der Waals surface area contributed by atoms with Crippen molar-refractivity contribution >= 4 is 17.6 Å². The number of ether oxygens (including phenoxy) is 1. The van der Waals surface area contributed by atoms with Gasteiger partial charge < -0.3 is 4.74 Å². The quantitative estimate of drug-likeness (QED) is 0.759. The maximum Gasteiger partial charge on any atom is 0.313 e. The molecule has 0 saturated heterocycles. The first-order chi connectivity index (χ1) is 7.92. The molecule has 0 amide bonds. The fraction of sp³-hybridized carbons (Fsp3) is 0.500. The van der Waals surface area contributed by atoms with Crippen molar-refractivity contribution in [1.29, 1.82) is 0 Å². The Bertz CT molecular complexity index is 399. The molecule has 94 valence electrons. The van der Waals surface area contributed by atoms with Crippen molar-refractivity contribution in [3.05, 3.63) is 34.9 Å². The van der Waals surface area contributed by atoms with Gasteiger partial charge in [-0.3, -0.25) is 4.79 Å². The van der Waals surface area contributed by atoms with E-state index in [9.17, 15) is 4.79 Å². The summed E-state index contributed by atoms with van der Waals surface area (Å²) in [6, 6.07) is 7.42. The zero-order valence-corrected chi connectivity index (χ0v) is 11.5. The summed E-state index contributed by atoms with van der Waals surface area (Å²) in [5, 5.41) is 0.642. The molecule has 2 nitrogen and oxygen atoms in total. The number of benzene rings is 1. The summed E-state index contributed by atoms with van der Waals surface area (Å²) in [6.45, 7) is 6.20.